The van der Waals surface area contributed by atoms with Crippen molar-refractivity contribution in [3.63, 3.8) is 0 Å². The Morgan fingerprint density at radius 1 is 1.11 bits per heavy atom. The van der Waals surface area contributed by atoms with E-state index in [-0.39, 0.29) is 6.29 Å². The molecule has 1 heterocycles. The van der Waals surface area contributed by atoms with Gasteiger partial charge in [-0.05, 0) is 47.2 Å². The van der Waals surface area contributed by atoms with Crippen LogP contribution in [0.4, 0.5) is 0 Å². The van der Waals surface area contributed by atoms with E-state index in [0.29, 0.717) is 35.5 Å². The van der Waals surface area contributed by atoms with Gasteiger partial charge in [-0.3, -0.25) is 0 Å². The normalized spacial score (nSPS) is 24.9. The molecule has 1 saturated heterocycles. The molecule has 0 saturated carbocycles. The van der Waals surface area contributed by atoms with Crippen LogP contribution >= 0.6 is 0 Å². The minimum Gasteiger partial charge on any atom is -0.456 e. The Hall–Kier alpha value is -2.87. The van der Waals surface area contributed by atoms with Crippen molar-refractivity contribution in [2.24, 2.45) is 11.8 Å². The molecule has 0 spiro atoms. The highest BCUT2D eigenvalue weighted by Gasteiger charge is 2.44. The number of nitrogens with zero attached hydrogens (tertiary/aromatic N) is 1. The van der Waals surface area contributed by atoms with Crippen LogP contribution in [-0.4, -0.2) is 12.9 Å². The molecule has 2 aromatic carbocycles. The molecule has 4 nitrogen and oxygen atoms in total. The molecule has 3 aliphatic rings. The van der Waals surface area contributed by atoms with Crippen LogP contribution in [0.1, 0.15) is 17.5 Å². The zero-order valence-corrected chi connectivity index (χ0v) is 14.8. The zero-order chi connectivity index (χ0) is 18.2. The van der Waals surface area contributed by atoms with Gasteiger partial charge in [0.05, 0.1) is 13.2 Å². The van der Waals surface area contributed by atoms with Gasteiger partial charge < -0.3 is 14.2 Å². The first-order valence-corrected chi connectivity index (χ1v) is 9.22. The van der Waals surface area contributed by atoms with Gasteiger partial charge in [0.2, 0.25) is 0 Å². The molecule has 2 aromatic rings. The van der Waals surface area contributed by atoms with Crippen molar-refractivity contribution in [3.05, 3.63) is 83.0 Å². The van der Waals surface area contributed by atoms with Gasteiger partial charge in [0.1, 0.15) is 23.1 Å². The van der Waals surface area contributed by atoms with Gasteiger partial charge in [-0.15, -0.1) is 0 Å². The number of benzene rings is 2. The number of ether oxygens (including phenoxy) is 3. The van der Waals surface area contributed by atoms with Crippen LogP contribution in [0, 0.1) is 23.2 Å². The van der Waals surface area contributed by atoms with Gasteiger partial charge in [0, 0.05) is 5.92 Å². The molecular formula is C23H19NO3. The first-order chi connectivity index (χ1) is 13.3. The second kappa shape index (κ2) is 6.70. The third kappa shape index (κ3) is 2.86. The average molecular weight is 357 g/mol. The predicted octanol–water partition coefficient (Wildman–Crippen LogP) is 4.73. The SMILES string of the molecule is N#Cc1c(CO[C@H]2OC[C@H]3C2=C2C=C[C@H]3C2)cccc1Oc1ccccc1. The highest BCUT2D eigenvalue weighted by molar-refractivity contribution is 5.50. The molecule has 1 aliphatic heterocycles. The molecule has 27 heavy (non-hydrogen) atoms. The first-order valence-electron chi connectivity index (χ1n) is 9.22. The smallest absolute Gasteiger partial charge is 0.181 e. The molecule has 1 fully saturated rings. The summed E-state index contributed by atoms with van der Waals surface area (Å²) in [4.78, 5) is 0. The summed E-state index contributed by atoms with van der Waals surface area (Å²) < 4.78 is 17.9. The van der Waals surface area contributed by atoms with Gasteiger partial charge in [0.15, 0.2) is 6.29 Å². The topological polar surface area (TPSA) is 51.5 Å². The molecule has 134 valence electrons. The van der Waals surface area contributed by atoms with Gasteiger partial charge in [-0.1, -0.05) is 42.5 Å². The van der Waals surface area contributed by atoms with Crippen LogP contribution in [0.25, 0.3) is 0 Å². The monoisotopic (exact) mass is 357 g/mol. The zero-order valence-electron chi connectivity index (χ0n) is 14.8. The van der Waals surface area contributed by atoms with E-state index in [9.17, 15) is 5.26 Å². The standard InChI is InChI=1S/C23H19NO3/c24-12-19-17(5-4-8-21(19)27-18-6-2-1-3-7-18)13-25-23-22-16-10-9-15(11-16)20(22)14-26-23/h1-10,15,20,23H,11,13-14H2/t15-,20+,23-/m0/s1. The summed E-state index contributed by atoms with van der Waals surface area (Å²) in [5, 5.41) is 9.67. The fraction of sp³-hybridized carbons (Fsp3) is 0.261. The maximum absolute atomic E-state index is 9.67. The Morgan fingerprint density at radius 2 is 2.00 bits per heavy atom. The Bertz CT molecular complexity index is 971. The van der Waals surface area contributed by atoms with Crippen molar-refractivity contribution in [2.45, 2.75) is 19.3 Å². The van der Waals surface area contributed by atoms with E-state index in [4.69, 9.17) is 14.2 Å². The van der Waals surface area contributed by atoms with Crippen molar-refractivity contribution < 1.29 is 14.2 Å². The van der Waals surface area contributed by atoms with Crippen LogP contribution in [0.2, 0.25) is 0 Å². The Balaban J connectivity index is 1.34. The molecule has 3 atom stereocenters. The summed E-state index contributed by atoms with van der Waals surface area (Å²) in [6, 6.07) is 17.3. The molecule has 0 radical (unpaired) electrons. The quantitative estimate of drug-likeness (QED) is 0.776. The van der Waals surface area contributed by atoms with Crippen molar-refractivity contribution in [1.29, 1.82) is 5.26 Å². The van der Waals surface area contributed by atoms with Gasteiger partial charge in [0.25, 0.3) is 0 Å². The lowest BCUT2D eigenvalue weighted by molar-refractivity contribution is -0.102. The summed E-state index contributed by atoms with van der Waals surface area (Å²) >= 11 is 0. The largest absolute Gasteiger partial charge is 0.456 e. The fourth-order valence-electron chi connectivity index (χ4n) is 4.24. The minimum atomic E-state index is -0.301. The Labute approximate surface area is 158 Å². The maximum atomic E-state index is 9.67. The number of hydrogen-bond acceptors (Lipinski definition) is 4. The lowest BCUT2D eigenvalue weighted by Crippen LogP contribution is -2.15. The summed E-state index contributed by atoms with van der Waals surface area (Å²) in [5.74, 6) is 2.30. The lowest BCUT2D eigenvalue weighted by atomic mass is 9.92. The maximum Gasteiger partial charge on any atom is 0.181 e. The lowest BCUT2D eigenvalue weighted by Gasteiger charge is -2.17. The van der Waals surface area contributed by atoms with Gasteiger partial charge in [-0.25, -0.2) is 0 Å². The van der Waals surface area contributed by atoms with Gasteiger partial charge in [-0.2, -0.15) is 5.26 Å². The third-order valence-electron chi connectivity index (χ3n) is 5.55. The number of fused-ring (bicyclic) bond motifs is 4. The second-order valence-corrected chi connectivity index (χ2v) is 7.11. The number of allylic oxidation sites excluding steroid dienone is 3. The average Bonchev–Trinajstić information content (AvgIpc) is 3.41. The van der Waals surface area contributed by atoms with Crippen LogP contribution < -0.4 is 4.74 Å². The van der Waals surface area contributed by atoms with E-state index in [1.165, 1.54) is 11.1 Å². The summed E-state index contributed by atoms with van der Waals surface area (Å²) in [7, 11) is 0. The minimum absolute atomic E-state index is 0.301. The predicted molar refractivity (Wildman–Crippen MR) is 100.0 cm³/mol. The number of rotatable bonds is 5. The fourth-order valence-corrected chi connectivity index (χ4v) is 4.24. The molecule has 0 aromatic heterocycles. The van der Waals surface area contributed by atoms with Crippen LogP contribution in [-0.2, 0) is 16.1 Å². The number of nitriles is 1. The second-order valence-electron chi connectivity index (χ2n) is 7.11. The molecule has 0 unspecified atom stereocenters. The van der Waals surface area contributed by atoms with E-state index in [2.05, 4.69) is 18.2 Å². The summed E-state index contributed by atoms with van der Waals surface area (Å²) in [6.07, 6.45) is 5.31. The van der Waals surface area contributed by atoms with E-state index in [1.807, 2.05) is 48.5 Å². The number of hydrogen-bond donors (Lipinski definition) is 0. The van der Waals surface area contributed by atoms with Crippen LogP contribution in [0.5, 0.6) is 11.5 Å². The summed E-state index contributed by atoms with van der Waals surface area (Å²) in [5.41, 5.74) is 3.98. The van der Waals surface area contributed by atoms with Crippen LogP contribution in [0.3, 0.4) is 0 Å². The molecule has 5 rings (SSSR count). The molecule has 0 N–H and O–H groups in total. The van der Waals surface area contributed by atoms with E-state index >= 15 is 0 Å². The molecule has 4 heteroatoms. The number of para-hydroxylation sites is 1. The van der Waals surface area contributed by atoms with Crippen molar-refractivity contribution in [1.82, 2.24) is 0 Å². The van der Waals surface area contributed by atoms with E-state index < -0.39 is 0 Å². The van der Waals surface area contributed by atoms with Gasteiger partial charge >= 0.3 is 0 Å². The van der Waals surface area contributed by atoms with Crippen molar-refractivity contribution in [2.75, 3.05) is 6.61 Å². The highest BCUT2D eigenvalue weighted by atomic mass is 16.7. The van der Waals surface area contributed by atoms with Crippen molar-refractivity contribution in [3.8, 4) is 17.6 Å². The third-order valence-corrected chi connectivity index (χ3v) is 5.55. The Kier molecular flexibility index (Phi) is 4.05. The molecule has 2 bridgehead atoms. The molecule has 0 amide bonds. The van der Waals surface area contributed by atoms with E-state index in [1.54, 1.807) is 0 Å². The van der Waals surface area contributed by atoms with Crippen LogP contribution in [0.15, 0.2) is 71.8 Å². The Morgan fingerprint density at radius 3 is 2.85 bits per heavy atom. The molecular weight excluding hydrogens is 338 g/mol. The highest BCUT2D eigenvalue weighted by Crippen LogP contribution is 2.49. The first kappa shape index (κ1) is 16.3. The summed E-state index contributed by atoms with van der Waals surface area (Å²) in [6.45, 7) is 1.04. The van der Waals surface area contributed by atoms with E-state index in [0.717, 1.165) is 18.6 Å². The molecule has 2 aliphatic carbocycles. The van der Waals surface area contributed by atoms with Crippen molar-refractivity contribution >= 4 is 0 Å².